The summed E-state index contributed by atoms with van der Waals surface area (Å²) in [5.74, 6) is 1.45. The highest BCUT2D eigenvalue weighted by Crippen LogP contribution is 2.36. The first kappa shape index (κ1) is 20.5. The van der Waals surface area contributed by atoms with Crippen molar-refractivity contribution in [2.24, 2.45) is 5.92 Å². The van der Waals surface area contributed by atoms with Crippen LogP contribution in [-0.4, -0.2) is 26.1 Å². The van der Waals surface area contributed by atoms with Crippen LogP contribution < -0.4 is 5.32 Å². The predicted molar refractivity (Wildman–Crippen MR) is 123 cm³/mol. The van der Waals surface area contributed by atoms with E-state index in [1.807, 2.05) is 12.1 Å². The van der Waals surface area contributed by atoms with Gasteiger partial charge in [0.05, 0.1) is 23.5 Å². The number of carbonyl (C=O) groups is 1. The molecule has 0 spiro atoms. The van der Waals surface area contributed by atoms with Gasteiger partial charge in [0.15, 0.2) is 5.82 Å². The highest BCUT2D eigenvalue weighted by molar-refractivity contribution is 5.92. The summed E-state index contributed by atoms with van der Waals surface area (Å²) in [5, 5.41) is 22.3. The van der Waals surface area contributed by atoms with Gasteiger partial charge in [-0.1, -0.05) is 37.8 Å². The monoisotopic (exact) mass is 429 g/mol. The van der Waals surface area contributed by atoms with Crippen LogP contribution in [0.25, 0.3) is 11.3 Å². The lowest BCUT2D eigenvalue weighted by Crippen LogP contribution is -2.20. The standard InChI is InChI=1S/C26H27N3O3/c30-19-8-5-17(6-9-19)14-24(32)29-26-23(13-16-3-1-2-4-16)27-25-21-11-10-20(31)15-18(21)7-12-22(25)28-26/h5-6,8-11,15-16,30-31H,1-4,7,12-14H2,(H,28,29,32). The number of amides is 1. The van der Waals surface area contributed by atoms with Gasteiger partial charge < -0.3 is 15.5 Å². The van der Waals surface area contributed by atoms with E-state index in [4.69, 9.17) is 9.97 Å². The number of hydrogen-bond acceptors (Lipinski definition) is 5. The van der Waals surface area contributed by atoms with E-state index in [2.05, 4.69) is 5.32 Å². The Morgan fingerprint density at radius 3 is 2.50 bits per heavy atom. The fraction of sp³-hybridized carbons (Fsp3) is 0.346. The van der Waals surface area contributed by atoms with Crippen molar-refractivity contribution in [2.45, 2.75) is 51.4 Å². The fourth-order valence-electron chi connectivity index (χ4n) is 4.87. The minimum Gasteiger partial charge on any atom is -0.508 e. The van der Waals surface area contributed by atoms with E-state index in [1.54, 1.807) is 30.3 Å². The van der Waals surface area contributed by atoms with E-state index < -0.39 is 0 Å². The van der Waals surface area contributed by atoms with Gasteiger partial charge in [-0.2, -0.15) is 0 Å². The molecule has 1 saturated carbocycles. The van der Waals surface area contributed by atoms with Crippen LogP contribution in [0.15, 0.2) is 42.5 Å². The quantitative estimate of drug-likeness (QED) is 0.552. The number of phenols is 2. The Bertz CT molecular complexity index is 1150. The maximum absolute atomic E-state index is 12.8. The molecule has 6 heteroatoms. The third-order valence-electron chi connectivity index (χ3n) is 6.53. The van der Waals surface area contributed by atoms with Crippen molar-refractivity contribution in [3.8, 4) is 22.8 Å². The van der Waals surface area contributed by atoms with Crippen LogP contribution in [-0.2, 0) is 30.5 Å². The summed E-state index contributed by atoms with van der Waals surface area (Å²) in [5.41, 5.74) is 5.54. The van der Waals surface area contributed by atoms with Crippen LogP contribution in [0, 0.1) is 5.92 Å². The van der Waals surface area contributed by atoms with Crippen molar-refractivity contribution in [1.29, 1.82) is 0 Å². The molecule has 6 nitrogen and oxygen atoms in total. The normalized spacial score (nSPS) is 15.2. The van der Waals surface area contributed by atoms with Gasteiger partial charge in [-0.15, -0.1) is 0 Å². The van der Waals surface area contributed by atoms with Gasteiger partial charge in [0.1, 0.15) is 11.5 Å². The van der Waals surface area contributed by atoms with Gasteiger partial charge in [0.25, 0.3) is 0 Å². The first-order valence-corrected chi connectivity index (χ1v) is 11.3. The molecule has 0 saturated heterocycles. The Hall–Kier alpha value is -3.41. The second kappa shape index (κ2) is 8.61. The number of carbonyl (C=O) groups excluding carboxylic acids is 1. The lowest BCUT2D eigenvalue weighted by molar-refractivity contribution is -0.115. The number of nitrogens with one attached hydrogen (secondary N) is 1. The van der Waals surface area contributed by atoms with E-state index in [0.29, 0.717) is 11.7 Å². The molecule has 0 bridgehead atoms. The number of aromatic hydroxyl groups is 2. The smallest absolute Gasteiger partial charge is 0.229 e. The number of hydrogen-bond donors (Lipinski definition) is 3. The number of benzene rings is 2. The molecule has 1 amide bonds. The molecule has 5 rings (SSSR count). The highest BCUT2D eigenvalue weighted by atomic mass is 16.3. The van der Waals surface area contributed by atoms with Crippen LogP contribution in [0.1, 0.15) is 48.2 Å². The van der Waals surface area contributed by atoms with E-state index in [1.165, 1.54) is 25.7 Å². The van der Waals surface area contributed by atoms with E-state index in [0.717, 1.165) is 53.0 Å². The topological polar surface area (TPSA) is 95.3 Å². The molecule has 32 heavy (non-hydrogen) atoms. The molecule has 3 aromatic rings. The maximum atomic E-state index is 12.8. The van der Waals surface area contributed by atoms with Crippen molar-refractivity contribution < 1.29 is 15.0 Å². The summed E-state index contributed by atoms with van der Waals surface area (Å²) in [6.45, 7) is 0. The van der Waals surface area contributed by atoms with E-state index >= 15 is 0 Å². The van der Waals surface area contributed by atoms with Gasteiger partial charge in [0.2, 0.25) is 5.91 Å². The average molecular weight is 430 g/mol. The van der Waals surface area contributed by atoms with Gasteiger partial charge in [-0.05, 0) is 66.6 Å². The summed E-state index contributed by atoms with van der Waals surface area (Å²) in [4.78, 5) is 22.7. The minimum absolute atomic E-state index is 0.140. The largest absolute Gasteiger partial charge is 0.508 e. The zero-order valence-corrected chi connectivity index (χ0v) is 18.0. The van der Waals surface area contributed by atoms with Crippen LogP contribution >= 0.6 is 0 Å². The molecule has 3 N–H and O–H groups in total. The number of rotatable bonds is 5. The Balaban J connectivity index is 1.46. The molecule has 0 unspecified atom stereocenters. The molecular weight excluding hydrogens is 402 g/mol. The molecule has 2 aliphatic rings. The predicted octanol–water partition coefficient (Wildman–Crippen LogP) is 4.57. The summed E-state index contributed by atoms with van der Waals surface area (Å²) in [6.07, 6.45) is 7.39. The van der Waals surface area contributed by atoms with Crippen molar-refractivity contribution in [3.05, 3.63) is 65.0 Å². The van der Waals surface area contributed by atoms with Crippen LogP contribution in [0.3, 0.4) is 0 Å². The lowest BCUT2D eigenvalue weighted by Gasteiger charge is -2.22. The van der Waals surface area contributed by atoms with Crippen molar-refractivity contribution in [2.75, 3.05) is 5.32 Å². The second-order valence-electron chi connectivity index (χ2n) is 8.90. The van der Waals surface area contributed by atoms with Crippen LogP contribution in [0.2, 0.25) is 0 Å². The van der Waals surface area contributed by atoms with Crippen LogP contribution in [0.4, 0.5) is 5.82 Å². The Morgan fingerprint density at radius 2 is 1.72 bits per heavy atom. The van der Waals surface area contributed by atoms with Gasteiger partial charge in [-0.25, -0.2) is 9.97 Å². The highest BCUT2D eigenvalue weighted by Gasteiger charge is 2.25. The summed E-state index contributed by atoms with van der Waals surface area (Å²) < 4.78 is 0. The van der Waals surface area contributed by atoms with Crippen molar-refractivity contribution in [1.82, 2.24) is 9.97 Å². The van der Waals surface area contributed by atoms with Gasteiger partial charge in [-0.3, -0.25) is 4.79 Å². The molecule has 164 valence electrons. The maximum Gasteiger partial charge on any atom is 0.229 e. The number of aromatic nitrogens is 2. The van der Waals surface area contributed by atoms with E-state index in [-0.39, 0.29) is 23.8 Å². The number of phenolic OH excluding ortho intramolecular Hbond substituents is 2. The van der Waals surface area contributed by atoms with Gasteiger partial charge in [0, 0.05) is 5.56 Å². The third-order valence-corrected chi connectivity index (χ3v) is 6.53. The molecule has 1 aromatic heterocycles. The Kier molecular flexibility index (Phi) is 5.52. The molecule has 1 fully saturated rings. The summed E-state index contributed by atoms with van der Waals surface area (Å²) in [6, 6.07) is 12.1. The summed E-state index contributed by atoms with van der Waals surface area (Å²) in [7, 11) is 0. The number of anilines is 1. The Labute approximate surface area is 187 Å². The first-order valence-electron chi connectivity index (χ1n) is 11.3. The van der Waals surface area contributed by atoms with Crippen molar-refractivity contribution in [3.63, 3.8) is 0 Å². The van der Waals surface area contributed by atoms with Crippen molar-refractivity contribution >= 4 is 11.7 Å². The zero-order chi connectivity index (χ0) is 22.1. The van der Waals surface area contributed by atoms with Crippen LogP contribution in [0.5, 0.6) is 11.5 Å². The minimum atomic E-state index is -0.140. The molecular formula is C26H27N3O3. The third kappa shape index (κ3) is 4.31. The SMILES string of the molecule is O=C(Cc1ccc(O)cc1)Nc1nc2c(nc1CC1CCCC1)-c1ccc(O)cc1CC2. The lowest BCUT2D eigenvalue weighted by atomic mass is 9.91. The molecule has 1 heterocycles. The van der Waals surface area contributed by atoms with Gasteiger partial charge >= 0.3 is 0 Å². The summed E-state index contributed by atoms with van der Waals surface area (Å²) >= 11 is 0. The first-order chi connectivity index (χ1) is 15.5. The number of fused-ring (bicyclic) bond motifs is 3. The molecule has 2 aromatic carbocycles. The Morgan fingerprint density at radius 1 is 0.969 bits per heavy atom. The zero-order valence-electron chi connectivity index (χ0n) is 18.0. The molecule has 0 aliphatic heterocycles. The average Bonchev–Trinajstić information content (AvgIpc) is 3.29. The fourth-order valence-corrected chi connectivity index (χ4v) is 4.87. The molecule has 0 atom stereocenters. The number of aryl methyl sites for hydroxylation is 2. The van der Waals surface area contributed by atoms with E-state index in [9.17, 15) is 15.0 Å². The second-order valence-corrected chi connectivity index (χ2v) is 8.90. The molecule has 0 radical (unpaired) electrons. The number of nitrogens with zero attached hydrogens (tertiary/aromatic N) is 2. The molecule has 2 aliphatic carbocycles.